The van der Waals surface area contributed by atoms with Crippen LogP contribution in [0.1, 0.15) is 10.4 Å². The predicted molar refractivity (Wildman–Crippen MR) is 115 cm³/mol. The molecule has 0 atom stereocenters. The first-order valence-corrected chi connectivity index (χ1v) is 10.7. The number of nitrogens with one attached hydrogen (secondary N) is 1. The zero-order valence-corrected chi connectivity index (χ0v) is 18.4. The molecule has 2 aromatic heterocycles. The van der Waals surface area contributed by atoms with Gasteiger partial charge in [0.15, 0.2) is 5.16 Å². The highest BCUT2D eigenvalue weighted by molar-refractivity contribution is 7.99. The largest absolute Gasteiger partial charge is 0.324 e. The average Bonchev–Trinajstić information content (AvgIpc) is 2.89. The summed E-state index contributed by atoms with van der Waals surface area (Å²) in [7, 11) is 1.65. The lowest BCUT2D eigenvalue weighted by Gasteiger charge is -2.10. The maximum atomic E-state index is 12.6. The van der Waals surface area contributed by atoms with Gasteiger partial charge in [0.2, 0.25) is 5.91 Å². The van der Waals surface area contributed by atoms with E-state index in [4.69, 9.17) is 34.8 Å². The van der Waals surface area contributed by atoms with E-state index in [0.29, 0.717) is 36.1 Å². The van der Waals surface area contributed by atoms with Gasteiger partial charge >= 0.3 is 0 Å². The maximum Gasteiger partial charge on any atom is 0.262 e. The summed E-state index contributed by atoms with van der Waals surface area (Å²) < 4.78 is 1.46. The van der Waals surface area contributed by atoms with E-state index in [0.717, 1.165) is 10.4 Å². The molecule has 1 aromatic carbocycles. The topological polar surface area (TPSA) is 64.0 Å². The summed E-state index contributed by atoms with van der Waals surface area (Å²) in [5, 5.41) is 4.69. The van der Waals surface area contributed by atoms with Crippen LogP contribution in [-0.4, -0.2) is 21.2 Å². The molecule has 0 saturated carbocycles. The number of carbonyl (C=O) groups excluding carboxylic acids is 1. The van der Waals surface area contributed by atoms with Crippen LogP contribution >= 0.6 is 57.9 Å². The minimum atomic E-state index is -0.298. The highest BCUT2D eigenvalue weighted by Gasteiger charge is 2.16. The summed E-state index contributed by atoms with van der Waals surface area (Å²) >= 11 is 20.6. The van der Waals surface area contributed by atoms with Crippen LogP contribution in [-0.2, 0) is 11.8 Å². The number of rotatable bonds is 4. The van der Waals surface area contributed by atoms with Crippen LogP contribution in [0.2, 0.25) is 15.1 Å². The van der Waals surface area contributed by atoms with Crippen molar-refractivity contribution in [1.82, 2.24) is 9.55 Å². The van der Waals surface area contributed by atoms with E-state index in [1.807, 2.05) is 13.8 Å². The fraction of sp³-hybridized carbons (Fsp3) is 0.235. The van der Waals surface area contributed by atoms with Crippen molar-refractivity contribution in [3.63, 3.8) is 0 Å². The molecule has 10 heteroatoms. The Labute approximate surface area is 178 Å². The second-order valence-electron chi connectivity index (χ2n) is 5.80. The molecular formula is C17H14Cl3N3O2S2. The van der Waals surface area contributed by atoms with Crippen molar-refractivity contribution in [2.75, 3.05) is 11.1 Å². The molecular weight excluding hydrogens is 449 g/mol. The molecule has 27 heavy (non-hydrogen) atoms. The lowest BCUT2D eigenvalue weighted by atomic mass is 10.2. The first kappa shape index (κ1) is 20.5. The summed E-state index contributed by atoms with van der Waals surface area (Å²) in [5.41, 5.74) is 1.21. The molecule has 0 aliphatic heterocycles. The molecule has 1 amide bonds. The molecule has 0 radical (unpaired) electrons. The van der Waals surface area contributed by atoms with Crippen molar-refractivity contribution in [3.05, 3.63) is 48.0 Å². The van der Waals surface area contributed by atoms with Crippen molar-refractivity contribution >= 4 is 79.7 Å². The van der Waals surface area contributed by atoms with Gasteiger partial charge in [0.05, 0.1) is 31.9 Å². The Kier molecular flexibility index (Phi) is 6.08. The number of carbonyl (C=O) groups is 1. The Morgan fingerprint density at radius 3 is 2.59 bits per heavy atom. The second kappa shape index (κ2) is 8.01. The molecule has 3 rings (SSSR count). The fourth-order valence-corrected chi connectivity index (χ4v) is 4.86. The number of amides is 1. The number of nitrogens with zero attached hydrogens (tertiary/aromatic N) is 2. The average molecular weight is 463 g/mol. The maximum absolute atomic E-state index is 12.6. The predicted octanol–water partition coefficient (Wildman–Crippen LogP) is 5.30. The highest BCUT2D eigenvalue weighted by atomic mass is 35.5. The molecule has 2 heterocycles. The minimum absolute atomic E-state index is 0.0612. The molecule has 0 bridgehead atoms. The SMILES string of the molecule is Cc1sc2nc(SCC(=O)Nc3cc(Cl)c(Cl)cc3Cl)n(C)c(=O)c2c1C. The monoisotopic (exact) mass is 461 g/mol. The highest BCUT2D eigenvalue weighted by Crippen LogP contribution is 2.32. The summed E-state index contributed by atoms with van der Waals surface area (Å²) in [4.78, 5) is 31.2. The zero-order chi connectivity index (χ0) is 19.9. The Hall–Kier alpha value is -1.25. The van der Waals surface area contributed by atoms with Crippen molar-refractivity contribution in [1.29, 1.82) is 0 Å². The number of hydrogen-bond donors (Lipinski definition) is 1. The quantitative estimate of drug-likeness (QED) is 0.324. The van der Waals surface area contributed by atoms with Crippen molar-refractivity contribution < 1.29 is 4.79 Å². The van der Waals surface area contributed by atoms with Crippen LogP contribution in [0.5, 0.6) is 0 Å². The van der Waals surface area contributed by atoms with Gasteiger partial charge in [0, 0.05) is 11.9 Å². The van der Waals surface area contributed by atoms with Gasteiger partial charge in [-0.2, -0.15) is 0 Å². The van der Waals surface area contributed by atoms with E-state index in [1.54, 1.807) is 7.05 Å². The standard InChI is InChI=1S/C17H14Cl3N3O2S2/c1-7-8(2)27-15-14(7)16(25)23(3)17(22-15)26-6-13(24)21-12-5-10(19)9(18)4-11(12)20/h4-5H,6H2,1-3H3,(H,21,24). The van der Waals surface area contributed by atoms with Crippen molar-refractivity contribution in [2.24, 2.45) is 7.05 Å². The van der Waals surface area contributed by atoms with Gasteiger partial charge in [-0.3, -0.25) is 14.2 Å². The van der Waals surface area contributed by atoms with Gasteiger partial charge in [-0.25, -0.2) is 4.98 Å². The van der Waals surface area contributed by atoms with Gasteiger partial charge in [0.1, 0.15) is 4.83 Å². The molecule has 0 aliphatic rings. The Balaban J connectivity index is 1.79. The van der Waals surface area contributed by atoms with Gasteiger partial charge in [0.25, 0.3) is 5.56 Å². The van der Waals surface area contributed by atoms with Gasteiger partial charge in [-0.05, 0) is 31.5 Å². The van der Waals surface area contributed by atoms with E-state index in [-0.39, 0.29) is 17.2 Å². The van der Waals surface area contributed by atoms with E-state index in [2.05, 4.69) is 10.3 Å². The van der Waals surface area contributed by atoms with E-state index in [9.17, 15) is 9.59 Å². The number of thiophene rings is 1. The third-order valence-electron chi connectivity index (χ3n) is 3.99. The number of thioether (sulfide) groups is 1. The van der Waals surface area contributed by atoms with E-state index >= 15 is 0 Å². The molecule has 0 spiro atoms. The van der Waals surface area contributed by atoms with E-state index < -0.39 is 0 Å². The Morgan fingerprint density at radius 2 is 1.89 bits per heavy atom. The summed E-state index contributed by atoms with van der Waals surface area (Å²) in [6.07, 6.45) is 0. The van der Waals surface area contributed by atoms with Gasteiger partial charge in [-0.1, -0.05) is 46.6 Å². The van der Waals surface area contributed by atoms with Crippen molar-refractivity contribution in [3.8, 4) is 0 Å². The Morgan fingerprint density at radius 1 is 1.22 bits per heavy atom. The third-order valence-corrected chi connectivity index (χ3v) is 7.15. The number of benzene rings is 1. The van der Waals surface area contributed by atoms with Crippen LogP contribution in [0.15, 0.2) is 22.1 Å². The smallest absolute Gasteiger partial charge is 0.262 e. The number of anilines is 1. The molecule has 3 aromatic rings. The number of aromatic nitrogens is 2. The second-order valence-corrected chi connectivity index (χ2v) is 9.17. The third kappa shape index (κ3) is 4.12. The van der Waals surface area contributed by atoms with Gasteiger partial charge in [-0.15, -0.1) is 11.3 Å². The van der Waals surface area contributed by atoms with Crippen LogP contribution in [0, 0.1) is 13.8 Å². The molecule has 0 aliphatic carbocycles. The molecule has 1 N–H and O–H groups in total. The van der Waals surface area contributed by atoms with Gasteiger partial charge < -0.3 is 5.32 Å². The van der Waals surface area contributed by atoms with Crippen molar-refractivity contribution in [2.45, 2.75) is 19.0 Å². The summed E-state index contributed by atoms with van der Waals surface area (Å²) in [5.74, 6) is -0.237. The lowest BCUT2D eigenvalue weighted by Crippen LogP contribution is -2.21. The molecule has 0 saturated heterocycles. The number of aryl methyl sites for hydroxylation is 2. The van der Waals surface area contributed by atoms with Crippen LogP contribution in [0.25, 0.3) is 10.2 Å². The summed E-state index contributed by atoms with van der Waals surface area (Å²) in [6, 6.07) is 2.96. The molecule has 5 nitrogen and oxygen atoms in total. The number of fused-ring (bicyclic) bond motifs is 1. The normalized spacial score (nSPS) is 11.2. The summed E-state index contributed by atoms with van der Waals surface area (Å²) in [6.45, 7) is 3.88. The Bertz CT molecular complexity index is 1130. The fourth-order valence-electron chi connectivity index (χ4n) is 2.42. The number of hydrogen-bond acceptors (Lipinski definition) is 5. The number of halogens is 3. The molecule has 0 unspecified atom stereocenters. The minimum Gasteiger partial charge on any atom is -0.324 e. The first-order chi connectivity index (χ1) is 12.7. The van der Waals surface area contributed by atoms with Crippen LogP contribution < -0.4 is 10.9 Å². The molecule has 0 fully saturated rings. The first-order valence-electron chi connectivity index (χ1n) is 7.73. The molecule has 142 valence electrons. The van der Waals surface area contributed by atoms with Crippen LogP contribution in [0.4, 0.5) is 5.69 Å². The zero-order valence-electron chi connectivity index (χ0n) is 14.5. The lowest BCUT2D eigenvalue weighted by molar-refractivity contribution is -0.113. The van der Waals surface area contributed by atoms with Crippen LogP contribution in [0.3, 0.4) is 0 Å². The van der Waals surface area contributed by atoms with E-state index in [1.165, 1.54) is 39.8 Å².